The summed E-state index contributed by atoms with van der Waals surface area (Å²) in [6.07, 6.45) is 7.61. The molecule has 1 heterocycles. The number of halogens is 1. The van der Waals surface area contributed by atoms with Crippen LogP contribution in [0.1, 0.15) is 46.0 Å². The third-order valence-electron chi connectivity index (χ3n) is 4.51. The van der Waals surface area contributed by atoms with Gasteiger partial charge in [-0.25, -0.2) is 4.39 Å². The third-order valence-corrected chi connectivity index (χ3v) is 4.51. The Bertz CT molecular complexity index is 476. The molecular weight excluding hydrogens is 307 g/mol. The Labute approximate surface area is 145 Å². The zero-order valence-corrected chi connectivity index (χ0v) is 14.9. The Hall–Kier alpha value is -1.46. The zero-order valence-electron chi connectivity index (χ0n) is 14.9. The van der Waals surface area contributed by atoms with Crippen LogP contribution < -0.4 is 5.32 Å². The van der Waals surface area contributed by atoms with E-state index < -0.39 is 5.41 Å². The normalized spacial score (nSPS) is 19.7. The van der Waals surface area contributed by atoms with Crippen LogP contribution in [0.25, 0.3) is 0 Å². The number of ether oxygens (including phenoxy) is 1. The van der Waals surface area contributed by atoms with Crippen molar-refractivity contribution in [3.8, 4) is 0 Å². The first-order valence-corrected chi connectivity index (χ1v) is 8.77. The topological polar surface area (TPSA) is 65.3 Å². The van der Waals surface area contributed by atoms with Crippen LogP contribution in [0.4, 0.5) is 4.39 Å². The van der Waals surface area contributed by atoms with E-state index in [1.54, 1.807) is 6.08 Å². The van der Waals surface area contributed by atoms with Crippen molar-refractivity contribution in [2.75, 3.05) is 19.7 Å². The molecule has 1 rings (SSSR count). The number of hydrogen-bond acceptors (Lipinski definition) is 4. The largest absolute Gasteiger partial charge is 0.475 e. The Kier molecular flexibility index (Phi) is 8.93. The second-order valence-corrected chi connectivity index (χ2v) is 6.29. The molecule has 136 valence electrons. The highest BCUT2D eigenvalue weighted by atomic mass is 19.1. The van der Waals surface area contributed by atoms with E-state index in [0.29, 0.717) is 19.3 Å². The molecule has 1 saturated heterocycles. The van der Waals surface area contributed by atoms with E-state index in [2.05, 4.69) is 11.9 Å². The summed E-state index contributed by atoms with van der Waals surface area (Å²) < 4.78 is 19.6. The van der Waals surface area contributed by atoms with Gasteiger partial charge in [0.25, 0.3) is 0 Å². The van der Waals surface area contributed by atoms with E-state index in [1.807, 2.05) is 13.8 Å². The van der Waals surface area contributed by atoms with E-state index in [4.69, 9.17) is 10.1 Å². The highest BCUT2D eigenvalue weighted by Crippen LogP contribution is 2.38. The van der Waals surface area contributed by atoms with Gasteiger partial charge in [0.2, 0.25) is 0 Å². The number of nitrogens with one attached hydrogen (secondary N) is 2. The molecule has 5 heteroatoms. The minimum absolute atomic E-state index is 0.106. The molecule has 4 nitrogen and oxygen atoms in total. The highest BCUT2D eigenvalue weighted by molar-refractivity contribution is 5.80. The molecule has 0 amide bonds. The molecule has 0 aliphatic carbocycles. The summed E-state index contributed by atoms with van der Waals surface area (Å²) in [5.41, 5.74) is 0.296. The molecule has 0 spiro atoms. The fraction of sp³-hybridized carbons (Fsp3) is 0.632. The monoisotopic (exact) mass is 338 g/mol. The predicted molar refractivity (Wildman–Crippen MR) is 96.9 cm³/mol. The maximum atomic E-state index is 13.8. The molecule has 0 aromatic carbocycles. The molecule has 1 fully saturated rings. The van der Waals surface area contributed by atoms with Crippen LogP contribution in [0.15, 0.2) is 36.2 Å². The highest BCUT2D eigenvalue weighted by Gasteiger charge is 2.39. The molecule has 0 saturated carbocycles. The quantitative estimate of drug-likeness (QED) is 0.339. The van der Waals surface area contributed by atoms with Gasteiger partial charge in [0.1, 0.15) is 11.9 Å². The third kappa shape index (κ3) is 5.87. The van der Waals surface area contributed by atoms with Gasteiger partial charge < -0.3 is 15.2 Å². The van der Waals surface area contributed by atoms with Crippen LogP contribution in [-0.2, 0) is 4.74 Å². The van der Waals surface area contributed by atoms with Crippen LogP contribution in [0.5, 0.6) is 0 Å². The summed E-state index contributed by atoms with van der Waals surface area (Å²) >= 11 is 0. The molecule has 3 N–H and O–H groups in total. The fourth-order valence-corrected chi connectivity index (χ4v) is 2.93. The van der Waals surface area contributed by atoms with Gasteiger partial charge in [-0.05, 0) is 62.9 Å². The lowest BCUT2D eigenvalue weighted by Gasteiger charge is -2.38. The molecule has 0 aromatic rings. The average Bonchev–Trinajstić information content (AvgIpc) is 2.59. The number of aliphatic hydroxyl groups excluding tert-OH is 1. The number of aliphatic hydroxyl groups is 1. The first-order valence-electron chi connectivity index (χ1n) is 8.77. The van der Waals surface area contributed by atoms with E-state index in [1.165, 1.54) is 12.2 Å². The average molecular weight is 338 g/mol. The molecule has 24 heavy (non-hydrogen) atoms. The Morgan fingerprint density at radius 3 is 2.58 bits per heavy atom. The van der Waals surface area contributed by atoms with Crippen molar-refractivity contribution in [2.45, 2.75) is 52.1 Å². The smallest absolute Gasteiger partial charge is 0.187 e. The number of rotatable bonds is 9. The van der Waals surface area contributed by atoms with Gasteiger partial charge in [-0.2, -0.15) is 0 Å². The van der Waals surface area contributed by atoms with E-state index in [0.717, 1.165) is 31.5 Å². The maximum absolute atomic E-state index is 13.8. The molecule has 1 aliphatic rings. The lowest BCUT2D eigenvalue weighted by atomic mass is 9.73. The van der Waals surface area contributed by atoms with Crippen LogP contribution in [0.3, 0.4) is 0 Å². The van der Waals surface area contributed by atoms with Gasteiger partial charge in [0.15, 0.2) is 5.90 Å². The summed E-state index contributed by atoms with van der Waals surface area (Å²) in [6, 6.07) is 0. The van der Waals surface area contributed by atoms with Crippen molar-refractivity contribution in [1.82, 2.24) is 5.32 Å². The van der Waals surface area contributed by atoms with Gasteiger partial charge in [-0.15, -0.1) is 0 Å². The summed E-state index contributed by atoms with van der Waals surface area (Å²) in [4.78, 5) is 0. The first kappa shape index (κ1) is 20.6. The minimum atomic E-state index is -0.472. The van der Waals surface area contributed by atoms with Crippen molar-refractivity contribution in [3.05, 3.63) is 36.2 Å². The summed E-state index contributed by atoms with van der Waals surface area (Å²) in [5.74, 6) is -0.0803. The lowest BCUT2D eigenvalue weighted by Crippen LogP contribution is -2.44. The Balaban J connectivity index is 3.00. The molecule has 1 aliphatic heterocycles. The van der Waals surface area contributed by atoms with Crippen molar-refractivity contribution in [2.24, 2.45) is 5.41 Å². The van der Waals surface area contributed by atoms with E-state index in [-0.39, 0.29) is 24.4 Å². The summed E-state index contributed by atoms with van der Waals surface area (Å²) in [7, 11) is 0. The van der Waals surface area contributed by atoms with E-state index in [9.17, 15) is 9.50 Å². The fourth-order valence-electron chi connectivity index (χ4n) is 2.93. The van der Waals surface area contributed by atoms with Gasteiger partial charge in [-0.1, -0.05) is 26.5 Å². The van der Waals surface area contributed by atoms with Gasteiger partial charge in [-0.3, -0.25) is 5.41 Å². The van der Waals surface area contributed by atoms with Gasteiger partial charge >= 0.3 is 0 Å². The van der Waals surface area contributed by atoms with Gasteiger partial charge in [0.05, 0.1) is 12.0 Å². The van der Waals surface area contributed by atoms with Crippen LogP contribution in [0.2, 0.25) is 0 Å². The molecule has 1 unspecified atom stereocenters. The van der Waals surface area contributed by atoms with Gasteiger partial charge in [0, 0.05) is 0 Å². The number of hydrogen-bond donors (Lipinski definition) is 3. The Morgan fingerprint density at radius 1 is 1.42 bits per heavy atom. The Morgan fingerprint density at radius 2 is 2.08 bits per heavy atom. The molecular formula is C19H31FN2O2. The molecule has 0 bridgehead atoms. The SMILES string of the molecule is C=C/C(=C\C(F)=C/CC)CC1(C(=N)OC(CC)CO)CCNCC1. The van der Waals surface area contributed by atoms with Crippen LogP contribution in [0, 0.1) is 10.8 Å². The second-order valence-electron chi connectivity index (χ2n) is 6.29. The molecule has 0 radical (unpaired) electrons. The van der Waals surface area contributed by atoms with Crippen molar-refractivity contribution in [1.29, 1.82) is 5.41 Å². The standard InChI is InChI=1S/C19H31FN2O2/c1-4-7-16(20)12-15(5-2)13-19(8-10-22-11-9-19)18(21)24-17(6-3)14-23/h5,7,12,17,21-23H,2,4,6,8-11,13-14H2,1,3H3/b15-12+,16-7+,21-18?. The van der Waals surface area contributed by atoms with Crippen LogP contribution in [-0.4, -0.2) is 36.8 Å². The first-order chi connectivity index (χ1) is 11.5. The summed E-state index contributed by atoms with van der Waals surface area (Å²) in [5, 5.41) is 21.1. The number of piperidine rings is 1. The van der Waals surface area contributed by atoms with Crippen molar-refractivity contribution in [3.63, 3.8) is 0 Å². The number of allylic oxidation sites excluding steroid dienone is 5. The molecule has 1 atom stereocenters. The lowest BCUT2D eigenvalue weighted by molar-refractivity contribution is 0.0785. The summed E-state index contributed by atoms with van der Waals surface area (Å²) in [6.45, 7) is 9.08. The van der Waals surface area contributed by atoms with E-state index >= 15 is 0 Å². The van der Waals surface area contributed by atoms with Crippen molar-refractivity contribution < 1.29 is 14.2 Å². The predicted octanol–water partition coefficient (Wildman–Crippen LogP) is 3.89. The van der Waals surface area contributed by atoms with Crippen LogP contribution >= 0.6 is 0 Å². The minimum Gasteiger partial charge on any atom is -0.475 e. The molecule has 0 aromatic heterocycles. The maximum Gasteiger partial charge on any atom is 0.187 e. The zero-order chi connectivity index (χ0) is 18.0. The second kappa shape index (κ2) is 10.4. The van der Waals surface area contributed by atoms with Crippen molar-refractivity contribution >= 4 is 5.90 Å².